The zero-order valence-corrected chi connectivity index (χ0v) is 37.9. The summed E-state index contributed by atoms with van der Waals surface area (Å²) >= 11 is 0. The Bertz CT molecular complexity index is 1510. The van der Waals surface area contributed by atoms with Crippen molar-refractivity contribution >= 4 is 17.8 Å². The van der Waals surface area contributed by atoms with E-state index >= 15 is 0 Å². The molecule has 4 fully saturated rings. The number of ether oxygens (including phenoxy) is 6. The fourth-order valence-corrected chi connectivity index (χ4v) is 11.0. The van der Waals surface area contributed by atoms with Crippen LogP contribution in [-0.4, -0.2) is 105 Å². The molecule has 13 nitrogen and oxygen atoms in total. The number of aliphatic hydroxyl groups is 2. The second-order valence-electron chi connectivity index (χ2n) is 19.6. The number of aliphatic carboxylic acids is 1. The Kier molecular flexibility index (Phi) is 15.2. The maximum absolute atomic E-state index is 14.6. The number of Topliss-reactive ketones (excluding diaryl/α,β-unsaturated/α-hetero) is 1. The van der Waals surface area contributed by atoms with Crippen LogP contribution in [0.25, 0.3) is 0 Å². The molecule has 0 aromatic carbocycles. The number of hydrogen-bond donors (Lipinski definition) is 4. The summed E-state index contributed by atoms with van der Waals surface area (Å²) in [5, 5.41) is 35.7. The minimum absolute atomic E-state index is 0.0290. The zero-order chi connectivity index (χ0) is 43.8. The number of aliphatic hydroxyl groups excluding tert-OH is 1. The van der Waals surface area contributed by atoms with Crippen LogP contribution in [0.3, 0.4) is 0 Å². The number of alkyl carbamates (subject to hydrolysis) is 1. The lowest BCUT2D eigenvalue weighted by Gasteiger charge is -2.54. The first kappa shape index (κ1) is 47.9. The van der Waals surface area contributed by atoms with Gasteiger partial charge in [0.2, 0.25) is 5.79 Å². The van der Waals surface area contributed by atoms with E-state index in [1.54, 1.807) is 6.92 Å². The molecule has 18 atom stereocenters. The third-order valence-electron chi connectivity index (χ3n) is 15.1. The molecular weight excluding hydrogens is 759 g/mol. The molecule has 338 valence electrons. The smallest absolute Gasteiger partial charge is 0.408 e. The molecule has 0 saturated carbocycles. The van der Waals surface area contributed by atoms with Crippen molar-refractivity contribution < 1.29 is 58.1 Å². The van der Waals surface area contributed by atoms with Gasteiger partial charge >= 0.3 is 12.1 Å². The van der Waals surface area contributed by atoms with Crippen LogP contribution < -0.4 is 5.32 Å². The summed E-state index contributed by atoms with van der Waals surface area (Å²) < 4.78 is 40.3. The molecule has 0 aromatic heterocycles. The fourth-order valence-electron chi connectivity index (χ4n) is 11.0. The lowest BCUT2D eigenvalue weighted by Crippen LogP contribution is -2.64. The SMILES string of the molecule is CC[C@@H](C(=O)[C@@H](C)[C@@H](O)[C@H](C)[C@@H]1O[C@@H]([C@@H](CC)C(=O)O)CC[C@@H]1C)[C@H]1O[C@]2(C=C[C@@H](OC(=O)NC(C)C)[C@]3(CC[C@@](C)([C@H]4CC[C@](O)(CC)[C@H](C)O4)O3)O2)[C@H](C)C[C@@H]1C. The minimum atomic E-state index is -1.43. The van der Waals surface area contributed by atoms with Gasteiger partial charge in [0.25, 0.3) is 0 Å². The first-order valence-electron chi connectivity index (χ1n) is 22.8. The van der Waals surface area contributed by atoms with E-state index in [4.69, 9.17) is 28.4 Å². The van der Waals surface area contributed by atoms with E-state index < -0.39 is 95.1 Å². The Morgan fingerprint density at radius 2 is 1.56 bits per heavy atom. The molecule has 5 aliphatic rings. The van der Waals surface area contributed by atoms with Crippen LogP contribution in [0, 0.1) is 41.4 Å². The van der Waals surface area contributed by atoms with Crippen LogP contribution in [-0.2, 0) is 38.0 Å². The highest BCUT2D eigenvalue weighted by molar-refractivity contribution is 5.84. The minimum Gasteiger partial charge on any atom is -0.481 e. The summed E-state index contributed by atoms with van der Waals surface area (Å²) in [6.07, 6.45) is 4.65. The van der Waals surface area contributed by atoms with Gasteiger partial charge in [0, 0.05) is 36.1 Å². The van der Waals surface area contributed by atoms with Crippen molar-refractivity contribution in [1.29, 1.82) is 0 Å². The van der Waals surface area contributed by atoms with E-state index in [2.05, 4.69) is 26.1 Å². The van der Waals surface area contributed by atoms with Crippen molar-refractivity contribution in [3.63, 3.8) is 0 Å². The molecule has 5 rings (SSSR count). The summed E-state index contributed by atoms with van der Waals surface area (Å²) in [6, 6.07) is -0.153. The van der Waals surface area contributed by atoms with E-state index in [1.165, 1.54) is 0 Å². The number of hydrogen-bond acceptors (Lipinski definition) is 11. The van der Waals surface area contributed by atoms with E-state index in [0.717, 1.165) is 6.42 Å². The Morgan fingerprint density at radius 3 is 2.15 bits per heavy atom. The molecule has 1 amide bonds. The molecule has 4 N–H and O–H groups in total. The van der Waals surface area contributed by atoms with E-state index in [1.807, 2.05) is 67.5 Å². The highest BCUT2D eigenvalue weighted by atomic mass is 16.8. The molecule has 0 radical (unpaired) electrons. The maximum atomic E-state index is 14.6. The van der Waals surface area contributed by atoms with Gasteiger partial charge < -0.3 is 49.1 Å². The molecule has 59 heavy (non-hydrogen) atoms. The molecule has 0 bridgehead atoms. The number of amides is 1. The molecule has 0 aromatic rings. The number of carbonyl (C=O) groups excluding carboxylic acids is 2. The predicted molar refractivity (Wildman–Crippen MR) is 221 cm³/mol. The van der Waals surface area contributed by atoms with Gasteiger partial charge in [0.05, 0.1) is 53.7 Å². The van der Waals surface area contributed by atoms with Gasteiger partial charge in [-0.1, -0.05) is 55.4 Å². The average molecular weight is 836 g/mol. The van der Waals surface area contributed by atoms with Gasteiger partial charge in [0.15, 0.2) is 11.9 Å². The lowest BCUT2D eigenvalue weighted by molar-refractivity contribution is -0.408. The Hall–Kier alpha value is -2.13. The number of carbonyl (C=O) groups is 3. The molecule has 0 unspecified atom stereocenters. The second kappa shape index (κ2) is 18.7. The van der Waals surface area contributed by atoms with Crippen LogP contribution in [0.4, 0.5) is 4.79 Å². The molecule has 2 spiro atoms. The number of carboxylic acids is 1. The third kappa shape index (κ3) is 9.61. The standard InChI is InChI=1S/C46H77NO12/c1-13-32(41(50)51)34-17-16-26(6)39(55-34)30(10)37(48)29(9)38(49)33(14-2)40-27(7)24-28(8)45(57-40)21-19-36(56-42(52)47-25(4)5)46(59-45)23-22-43(12,58-46)35-18-20-44(53,15-3)31(11)54-35/h19,21,25-37,39-40,48,53H,13-18,20,22-24H2,1-12H3,(H,47,52)(H,50,51)/t26-,27-,28+,29-,30-,31-,32+,33-,34+,35+,36+,37+,39+,40-,43-,44+,45-,46-/m0/s1. The number of nitrogens with one attached hydrogen (secondary N) is 1. The van der Waals surface area contributed by atoms with Crippen LogP contribution in [0.15, 0.2) is 12.2 Å². The normalized spacial score (nSPS) is 42.6. The number of ketones is 1. The van der Waals surface area contributed by atoms with Crippen molar-refractivity contribution in [2.24, 2.45) is 41.4 Å². The van der Waals surface area contributed by atoms with Crippen molar-refractivity contribution in [1.82, 2.24) is 5.32 Å². The first-order chi connectivity index (χ1) is 27.6. The largest absolute Gasteiger partial charge is 0.481 e. The third-order valence-corrected chi connectivity index (χ3v) is 15.1. The molecule has 0 aliphatic carbocycles. The molecular formula is C46H77NO12. The van der Waals surface area contributed by atoms with Crippen molar-refractivity contribution in [2.45, 2.75) is 219 Å². The van der Waals surface area contributed by atoms with Gasteiger partial charge in [0.1, 0.15) is 5.78 Å². The van der Waals surface area contributed by atoms with Crippen molar-refractivity contribution in [2.75, 3.05) is 0 Å². The van der Waals surface area contributed by atoms with Crippen LogP contribution in [0.2, 0.25) is 0 Å². The molecule has 5 aliphatic heterocycles. The van der Waals surface area contributed by atoms with Crippen LogP contribution >= 0.6 is 0 Å². The Morgan fingerprint density at radius 1 is 0.881 bits per heavy atom. The number of rotatable bonds is 14. The first-order valence-corrected chi connectivity index (χ1v) is 22.8. The van der Waals surface area contributed by atoms with Gasteiger partial charge in [-0.15, -0.1) is 0 Å². The number of carboxylic acid groups (broad SMARTS) is 1. The summed E-state index contributed by atoms with van der Waals surface area (Å²) in [6.45, 7) is 23.3. The molecule has 4 saturated heterocycles. The quantitative estimate of drug-likeness (QED) is 0.128. The Balaban J connectivity index is 1.39. The predicted octanol–water partition coefficient (Wildman–Crippen LogP) is 7.33. The van der Waals surface area contributed by atoms with Crippen LogP contribution in [0.5, 0.6) is 0 Å². The lowest BCUT2D eigenvalue weighted by atomic mass is 9.72. The summed E-state index contributed by atoms with van der Waals surface area (Å²) in [5.74, 6) is -6.18. The van der Waals surface area contributed by atoms with Crippen molar-refractivity contribution in [3.05, 3.63) is 12.2 Å². The van der Waals surface area contributed by atoms with Gasteiger partial charge in [-0.05, 0) is 109 Å². The average Bonchev–Trinajstić information content (AvgIpc) is 3.52. The monoisotopic (exact) mass is 836 g/mol. The van der Waals surface area contributed by atoms with Gasteiger partial charge in [-0.2, -0.15) is 0 Å². The van der Waals surface area contributed by atoms with Gasteiger partial charge in [-0.25, -0.2) is 4.79 Å². The van der Waals surface area contributed by atoms with E-state index in [-0.39, 0.29) is 35.7 Å². The molecule has 13 heteroatoms. The fraction of sp³-hybridized carbons (Fsp3) is 0.891. The maximum Gasteiger partial charge on any atom is 0.408 e. The van der Waals surface area contributed by atoms with E-state index in [0.29, 0.717) is 57.8 Å². The molecule has 5 heterocycles. The summed E-state index contributed by atoms with van der Waals surface area (Å²) in [5.41, 5.74) is -1.75. The van der Waals surface area contributed by atoms with E-state index in [9.17, 15) is 29.7 Å². The highest BCUT2D eigenvalue weighted by Crippen LogP contribution is 2.54. The van der Waals surface area contributed by atoms with Gasteiger partial charge in [-0.3, -0.25) is 9.59 Å². The second-order valence-corrected chi connectivity index (χ2v) is 19.6. The summed E-state index contributed by atoms with van der Waals surface area (Å²) in [7, 11) is 0. The Labute approximate surface area is 353 Å². The zero-order valence-electron chi connectivity index (χ0n) is 37.9. The van der Waals surface area contributed by atoms with Crippen LogP contribution in [0.1, 0.15) is 147 Å². The topological polar surface area (TPSA) is 179 Å². The highest BCUT2D eigenvalue weighted by Gasteiger charge is 2.64. The summed E-state index contributed by atoms with van der Waals surface area (Å²) in [4.78, 5) is 39.7. The van der Waals surface area contributed by atoms with Crippen molar-refractivity contribution in [3.8, 4) is 0 Å².